The van der Waals surface area contributed by atoms with E-state index in [1.54, 1.807) is 31.2 Å². The topological polar surface area (TPSA) is 103 Å². The van der Waals surface area contributed by atoms with Gasteiger partial charge in [-0.3, -0.25) is 14.9 Å². The summed E-state index contributed by atoms with van der Waals surface area (Å²) in [6, 6.07) is 13.4. The maximum Gasteiger partial charge on any atom is 0.278 e. The quantitative estimate of drug-likeness (QED) is 0.582. The fourth-order valence-corrected chi connectivity index (χ4v) is 2.35. The van der Waals surface area contributed by atoms with Gasteiger partial charge in [-0.15, -0.1) is 5.10 Å². The molecule has 1 aromatic heterocycles. The first-order chi connectivity index (χ1) is 12.0. The van der Waals surface area contributed by atoms with E-state index in [0.717, 1.165) is 5.56 Å². The van der Waals surface area contributed by atoms with Crippen LogP contribution in [0.1, 0.15) is 21.7 Å². The van der Waals surface area contributed by atoms with Crippen molar-refractivity contribution in [1.82, 2.24) is 15.0 Å². The Hall–Kier alpha value is -3.55. The van der Waals surface area contributed by atoms with E-state index in [4.69, 9.17) is 0 Å². The van der Waals surface area contributed by atoms with E-state index in [0.29, 0.717) is 17.1 Å². The van der Waals surface area contributed by atoms with E-state index < -0.39 is 10.8 Å². The third-order valence-electron chi connectivity index (χ3n) is 3.70. The van der Waals surface area contributed by atoms with Crippen molar-refractivity contribution in [3.05, 3.63) is 75.6 Å². The Kier molecular flexibility index (Phi) is 4.25. The number of hydrogen-bond acceptors (Lipinski definition) is 5. The van der Waals surface area contributed by atoms with Crippen molar-refractivity contribution in [2.24, 2.45) is 0 Å². The van der Waals surface area contributed by atoms with Gasteiger partial charge in [0.15, 0.2) is 5.69 Å². The number of benzene rings is 2. The molecule has 0 aliphatic rings. The van der Waals surface area contributed by atoms with Crippen LogP contribution < -0.4 is 5.32 Å². The van der Waals surface area contributed by atoms with Crippen molar-refractivity contribution < 1.29 is 9.72 Å². The van der Waals surface area contributed by atoms with Crippen LogP contribution in [0.4, 0.5) is 11.4 Å². The number of non-ortho nitro benzene ring substituents is 1. The third-order valence-corrected chi connectivity index (χ3v) is 3.70. The molecule has 8 heteroatoms. The lowest BCUT2D eigenvalue weighted by molar-refractivity contribution is -0.384. The van der Waals surface area contributed by atoms with Crippen molar-refractivity contribution >= 4 is 17.3 Å². The number of nitrogens with one attached hydrogen (secondary N) is 1. The fourth-order valence-electron chi connectivity index (χ4n) is 2.35. The van der Waals surface area contributed by atoms with Gasteiger partial charge < -0.3 is 5.32 Å². The molecule has 1 heterocycles. The highest BCUT2D eigenvalue weighted by molar-refractivity contribution is 6.03. The summed E-state index contributed by atoms with van der Waals surface area (Å²) in [6.07, 6.45) is 0. The van der Waals surface area contributed by atoms with Crippen LogP contribution in [0.5, 0.6) is 0 Å². The van der Waals surface area contributed by atoms with Gasteiger partial charge >= 0.3 is 0 Å². The van der Waals surface area contributed by atoms with Crippen molar-refractivity contribution in [3.63, 3.8) is 0 Å². The number of aryl methyl sites for hydroxylation is 1. The molecule has 8 nitrogen and oxygen atoms in total. The molecule has 0 spiro atoms. The van der Waals surface area contributed by atoms with E-state index >= 15 is 0 Å². The zero-order chi connectivity index (χ0) is 18.0. The van der Waals surface area contributed by atoms with Crippen LogP contribution in [0.3, 0.4) is 0 Å². The molecule has 0 radical (unpaired) electrons. The first-order valence-corrected chi connectivity index (χ1v) is 7.51. The highest BCUT2D eigenvalue weighted by Crippen LogP contribution is 2.19. The van der Waals surface area contributed by atoms with E-state index in [1.807, 2.05) is 19.1 Å². The Morgan fingerprint density at radius 3 is 2.56 bits per heavy atom. The Labute approximate surface area is 143 Å². The predicted molar refractivity (Wildman–Crippen MR) is 91.9 cm³/mol. The molecule has 1 N–H and O–H groups in total. The number of aromatic nitrogens is 3. The van der Waals surface area contributed by atoms with Crippen molar-refractivity contribution in [2.45, 2.75) is 13.8 Å². The molecule has 0 atom stereocenters. The number of carbonyl (C=O) groups is 1. The summed E-state index contributed by atoms with van der Waals surface area (Å²) in [5.41, 5.74) is 2.80. The van der Waals surface area contributed by atoms with Gasteiger partial charge in [0.1, 0.15) is 0 Å². The number of hydrogen-bond donors (Lipinski definition) is 1. The maximum absolute atomic E-state index is 12.4. The standard InChI is InChI=1S/C17H15N5O3/c1-11-6-8-13(9-7-11)18-17(23)16-12(2)21(20-19-16)14-4-3-5-15(10-14)22(24)25/h3-10H,1-2H3,(H,18,23). The summed E-state index contributed by atoms with van der Waals surface area (Å²) >= 11 is 0. The Balaban J connectivity index is 1.88. The summed E-state index contributed by atoms with van der Waals surface area (Å²) in [6.45, 7) is 3.64. The fraction of sp³-hybridized carbons (Fsp3) is 0.118. The molecule has 0 unspecified atom stereocenters. The van der Waals surface area contributed by atoms with Gasteiger partial charge in [0.25, 0.3) is 11.6 Å². The highest BCUT2D eigenvalue weighted by Gasteiger charge is 2.18. The lowest BCUT2D eigenvalue weighted by Gasteiger charge is -2.05. The Morgan fingerprint density at radius 1 is 1.16 bits per heavy atom. The highest BCUT2D eigenvalue weighted by atomic mass is 16.6. The number of amides is 1. The molecule has 1 amide bonds. The van der Waals surface area contributed by atoms with Gasteiger partial charge in [0.05, 0.1) is 16.3 Å². The maximum atomic E-state index is 12.4. The summed E-state index contributed by atoms with van der Waals surface area (Å²) in [5.74, 6) is -0.391. The minimum Gasteiger partial charge on any atom is -0.321 e. The van der Waals surface area contributed by atoms with Gasteiger partial charge in [0, 0.05) is 17.8 Å². The monoisotopic (exact) mass is 337 g/mol. The number of nitro groups is 1. The Morgan fingerprint density at radius 2 is 1.88 bits per heavy atom. The van der Waals surface area contributed by atoms with Crippen LogP contribution in [0.15, 0.2) is 48.5 Å². The molecular weight excluding hydrogens is 322 g/mol. The van der Waals surface area contributed by atoms with E-state index in [9.17, 15) is 14.9 Å². The second-order valence-electron chi connectivity index (χ2n) is 5.53. The van der Waals surface area contributed by atoms with Crippen LogP contribution in [0, 0.1) is 24.0 Å². The number of anilines is 1. The first kappa shape index (κ1) is 16.3. The van der Waals surface area contributed by atoms with E-state index in [-0.39, 0.29) is 11.4 Å². The number of nitrogens with zero attached hydrogens (tertiary/aromatic N) is 4. The minimum absolute atomic E-state index is 0.0574. The molecule has 0 saturated carbocycles. The van der Waals surface area contributed by atoms with Crippen LogP contribution in [0.25, 0.3) is 5.69 Å². The van der Waals surface area contributed by atoms with E-state index in [1.165, 1.54) is 16.8 Å². The molecule has 0 fully saturated rings. The van der Waals surface area contributed by atoms with Crippen LogP contribution in [-0.4, -0.2) is 25.8 Å². The average molecular weight is 337 g/mol. The molecule has 126 valence electrons. The van der Waals surface area contributed by atoms with Crippen molar-refractivity contribution in [3.8, 4) is 5.69 Å². The smallest absolute Gasteiger partial charge is 0.278 e. The molecule has 3 aromatic rings. The zero-order valence-electron chi connectivity index (χ0n) is 13.6. The summed E-state index contributed by atoms with van der Waals surface area (Å²) < 4.78 is 1.40. The van der Waals surface area contributed by atoms with E-state index in [2.05, 4.69) is 15.6 Å². The first-order valence-electron chi connectivity index (χ1n) is 7.51. The third kappa shape index (κ3) is 3.37. The number of nitro benzene ring substituents is 1. The second-order valence-corrected chi connectivity index (χ2v) is 5.53. The predicted octanol–water partition coefficient (Wildman–Crippen LogP) is 3.04. The lowest BCUT2D eigenvalue weighted by atomic mass is 10.2. The molecule has 25 heavy (non-hydrogen) atoms. The van der Waals surface area contributed by atoms with Gasteiger partial charge in [-0.2, -0.15) is 0 Å². The van der Waals surface area contributed by atoms with Gasteiger partial charge in [-0.05, 0) is 32.0 Å². The molecule has 0 bridgehead atoms. The van der Waals surface area contributed by atoms with Crippen LogP contribution >= 0.6 is 0 Å². The molecule has 0 aliphatic carbocycles. The van der Waals surface area contributed by atoms with Gasteiger partial charge in [-0.25, -0.2) is 4.68 Å². The molecule has 0 saturated heterocycles. The summed E-state index contributed by atoms with van der Waals surface area (Å²) in [7, 11) is 0. The largest absolute Gasteiger partial charge is 0.321 e. The molecular formula is C17H15N5O3. The normalized spacial score (nSPS) is 10.5. The number of rotatable bonds is 4. The second kappa shape index (κ2) is 6.52. The molecule has 2 aromatic carbocycles. The summed E-state index contributed by atoms with van der Waals surface area (Å²) in [5, 5.41) is 21.5. The van der Waals surface area contributed by atoms with Crippen LogP contribution in [-0.2, 0) is 0 Å². The average Bonchev–Trinajstić information content (AvgIpc) is 2.98. The van der Waals surface area contributed by atoms with Gasteiger partial charge in [0.2, 0.25) is 0 Å². The van der Waals surface area contributed by atoms with Gasteiger partial charge in [-0.1, -0.05) is 29.0 Å². The molecule has 0 aliphatic heterocycles. The van der Waals surface area contributed by atoms with Crippen LogP contribution in [0.2, 0.25) is 0 Å². The Bertz CT molecular complexity index is 947. The van der Waals surface area contributed by atoms with Crippen molar-refractivity contribution in [1.29, 1.82) is 0 Å². The van der Waals surface area contributed by atoms with Crippen molar-refractivity contribution in [2.75, 3.05) is 5.32 Å². The SMILES string of the molecule is Cc1ccc(NC(=O)c2nnn(-c3cccc([N+](=O)[O-])c3)c2C)cc1. The minimum atomic E-state index is -0.485. The summed E-state index contributed by atoms with van der Waals surface area (Å²) in [4.78, 5) is 22.8. The zero-order valence-corrected chi connectivity index (χ0v) is 13.6. The number of carbonyl (C=O) groups excluding carboxylic acids is 1. The lowest BCUT2D eigenvalue weighted by Crippen LogP contribution is -2.14. The molecule has 3 rings (SSSR count).